The molecule has 3 rings (SSSR count). The molecule has 1 atom stereocenters. The maximum absolute atomic E-state index is 11.5. The molecule has 0 unspecified atom stereocenters. The molecule has 5 nitrogen and oxygen atoms in total. The summed E-state index contributed by atoms with van der Waals surface area (Å²) < 4.78 is 4.85. The van der Waals surface area contributed by atoms with Crippen LogP contribution >= 0.6 is 0 Å². The van der Waals surface area contributed by atoms with Gasteiger partial charge in [-0.05, 0) is 42.8 Å². The molecule has 0 aliphatic carbocycles. The maximum Gasteiger partial charge on any atom is 0.245 e. The number of aromatic amines is 1. The van der Waals surface area contributed by atoms with Gasteiger partial charge < -0.3 is 15.0 Å². The minimum absolute atomic E-state index is 0.0276. The van der Waals surface area contributed by atoms with Crippen molar-refractivity contribution in [1.29, 1.82) is 0 Å². The van der Waals surface area contributed by atoms with E-state index in [9.17, 15) is 4.79 Å². The highest BCUT2D eigenvalue weighted by molar-refractivity contribution is 5.80. The minimum atomic E-state index is -0.0276. The third-order valence-electron chi connectivity index (χ3n) is 4.45. The van der Waals surface area contributed by atoms with Crippen LogP contribution in [0.1, 0.15) is 18.5 Å². The third-order valence-corrected chi connectivity index (χ3v) is 4.45. The number of ether oxygens (including phenoxy) is 1. The van der Waals surface area contributed by atoms with Gasteiger partial charge >= 0.3 is 0 Å². The fourth-order valence-electron chi connectivity index (χ4n) is 3.36. The lowest BCUT2D eigenvalue weighted by Crippen LogP contribution is -2.41. The quantitative estimate of drug-likeness (QED) is 0.859. The van der Waals surface area contributed by atoms with Crippen LogP contribution < -0.4 is 5.32 Å². The van der Waals surface area contributed by atoms with Crippen LogP contribution in [-0.2, 0) is 16.1 Å². The highest BCUT2D eigenvalue weighted by Crippen LogP contribution is 2.20. The van der Waals surface area contributed by atoms with Crippen LogP contribution in [-0.4, -0.2) is 49.1 Å². The van der Waals surface area contributed by atoms with Crippen LogP contribution in [0.4, 0.5) is 0 Å². The van der Waals surface area contributed by atoms with Crippen LogP contribution in [0.2, 0.25) is 0 Å². The lowest BCUT2D eigenvalue weighted by molar-refractivity contribution is -0.125. The van der Waals surface area contributed by atoms with E-state index in [1.807, 2.05) is 0 Å². The second-order valence-corrected chi connectivity index (χ2v) is 6.36. The van der Waals surface area contributed by atoms with Crippen molar-refractivity contribution >= 4 is 16.8 Å². The number of methoxy groups -OCH3 is 1. The molecule has 23 heavy (non-hydrogen) atoms. The Morgan fingerprint density at radius 1 is 1.43 bits per heavy atom. The zero-order chi connectivity index (χ0) is 16.1. The summed E-state index contributed by atoms with van der Waals surface area (Å²) in [5.74, 6) is 0.495. The smallest absolute Gasteiger partial charge is 0.245 e. The summed E-state index contributed by atoms with van der Waals surface area (Å²) in [6, 6.07) is 10.6. The van der Waals surface area contributed by atoms with E-state index in [2.05, 4.69) is 45.5 Å². The molecule has 1 aliphatic rings. The second-order valence-electron chi connectivity index (χ2n) is 6.36. The Labute approximate surface area is 137 Å². The molecule has 1 aromatic carbocycles. The zero-order valence-corrected chi connectivity index (χ0v) is 13.7. The number of hydrogen-bond donors (Lipinski definition) is 2. The minimum Gasteiger partial charge on any atom is -0.375 e. The number of carbonyl (C=O) groups excluding carboxylic acids is 1. The number of aromatic nitrogens is 1. The predicted octanol–water partition coefficient (Wildman–Crippen LogP) is 2.14. The molecule has 0 spiro atoms. The molecule has 0 saturated carbocycles. The Bertz CT molecular complexity index is 620. The lowest BCUT2D eigenvalue weighted by atomic mass is 9.98. The monoisotopic (exact) mass is 315 g/mol. The molecule has 5 heteroatoms. The summed E-state index contributed by atoms with van der Waals surface area (Å²) in [5.41, 5.74) is 2.46. The maximum atomic E-state index is 11.5. The summed E-state index contributed by atoms with van der Waals surface area (Å²) in [4.78, 5) is 17.5. The molecule has 1 aromatic heterocycles. The number of carbonyl (C=O) groups is 1. The van der Waals surface area contributed by atoms with Crippen LogP contribution in [0, 0.1) is 5.92 Å². The van der Waals surface area contributed by atoms with Crippen molar-refractivity contribution in [1.82, 2.24) is 15.2 Å². The summed E-state index contributed by atoms with van der Waals surface area (Å²) in [5, 5.41) is 4.23. The van der Waals surface area contributed by atoms with Gasteiger partial charge in [0.05, 0.1) is 0 Å². The number of rotatable bonds is 6. The first-order valence-electron chi connectivity index (χ1n) is 8.29. The van der Waals surface area contributed by atoms with Crippen molar-refractivity contribution in [2.24, 2.45) is 5.92 Å². The highest BCUT2D eigenvalue weighted by atomic mass is 16.5. The fourth-order valence-corrected chi connectivity index (χ4v) is 3.36. The van der Waals surface area contributed by atoms with E-state index in [1.54, 1.807) is 7.11 Å². The van der Waals surface area contributed by atoms with Gasteiger partial charge in [0.2, 0.25) is 5.91 Å². The van der Waals surface area contributed by atoms with Crippen LogP contribution in [0.15, 0.2) is 30.3 Å². The van der Waals surface area contributed by atoms with Gasteiger partial charge in [0.25, 0.3) is 0 Å². The number of likely N-dealkylation sites (tertiary alicyclic amines) is 1. The van der Waals surface area contributed by atoms with Gasteiger partial charge in [0.1, 0.15) is 6.61 Å². The van der Waals surface area contributed by atoms with E-state index in [-0.39, 0.29) is 12.5 Å². The standard InChI is InChI=1S/C18H25N3O2/c1-23-13-18(22)19-10-14-5-4-8-21(11-14)12-16-9-15-6-2-3-7-17(15)20-16/h2-3,6-7,9,14,20H,4-5,8,10-13H2,1H3,(H,19,22)/t14-/m0/s1. The summed E-state index contributed by atoms with van der Waals surface area (Å²) >= 11 is 0. The molecule has 124 valence electrons. The van der Waals surface area contributed by atoms with Crippen molar-refractivity contribution in [3.63, 3.8) is 0 Å². The first-order valence-corrected chi connectivity index (χ1v) is 8.29. The molecular weight excluding hydrogens is 290 g/mol. The number of piperidine rings is 1. The van der Waals surface area contributed by atoms with Crippen LogP contribution in [0.25, 0.3) is 10.9 Å². The Hall–Kier alpha value is -1.85. The topological polar surface area (TPSA) is 57.4 Å². The zero-order valence-electron chi connectivity index (χ0n) is 13.7. The van der Waals surface area contributed by atoms with Gasteiger partial charge in [-0.25, -0.2) is 0 Å². The summed E-state index contributed by atoms with van der Waals surface area (Å²) in [7, 11) is 1.54. The van der Waals surface area contributed by atoms with E-state index in [0.29, 0.717) is 5.92 Å². The number of nitrogens with one attached hydrogen (secondary N) is 2. The second kappa shape index (κ2) is 7.62. The van der Waals surface area contributed by atoms with Crippen LogP contribution in [0.5, 0.6) is 0 Å². The molecular formula is C18H25N3O2. The molecule has 0 radical (unpaired) electrons. The molecule has 2 N–H and O–H groups in total. The first kappa shape index (κ1) is 16.0. The normalized spacial score (nSPS) is 19.1. The largest absolute Gasteiger partial charge is 0.375 e. The average molecular weight is 315 g/mol. The van der Waals surface area contributed by atoms with E-state index in [4.69, 9.17) is 4.74 Å². The molecule has 1 amide bonds. The Morgan fingerprint density at radius 3 is 3.13 bits per heavy atom. The van der Waals surface area contributed by atoms with E-state index in [0.717, 1.165) is 26.2 Å². The summed E-state index contributed by atoms with van der Waals surface area (Å²) in [6.45, 7) is 3.98. The number of H-pyrrole nitrogens is 1. The van der Waals surface area contributed by atoms with Gasteiger partial charge in [-0.3, -0.25) is 9.69 Å². The molecule has 1 fully saturated rings. The average Bonchev–Trinajstić information content (AvgIpc) is 2.96. The highest BCUT2D eigenvalue weighted by Gasteiger charge is 2.20. The lowest BCUT2D eigenvalue weighted by Gasteiger charge is -2.32. The number of amides is 1. The molecule has 1 saturated heterocycles. The Morgan fingerprint density at radius 2 is 2.30 bits per heavy atom. The summed E-state index contributed by atoms with van der Waals surface area (Å²) in [6.07, 6.45) is 2.36. The Kier molecular flexibility index (Phi) is 5.31. The molecule has 2 aromatic rings. The van der Waals surface area contributed by atoms with Gasteiger partial charge in [0, 0.05) is 38.0 Å². The first-order chi connectivity index (χ1) is 11.2. The third kappa shape index (κ3) is 4.33. The van der Waals surface area contributed by atoms with Crippen molar-refractivity contribution in [3.8, 4) is 0 Å². The Balaban J connectivity index is 1.53. The SMILES string of the molecule is COCC(=O)NC[C@@H]1CCCN(Cc2cc3ccccc3[nH]2)C1. The number of para-hydroxylation sites is 1. The number of nitrogens with zero attached hydrogens (tertiary/aromatic N) is 1. The number of benzene rings is 1. The predicted molar refractivity (Wildman–Crippen MR) is 91.2 cm³/mol. The van der Waals surface area contributed by atoms with Crippen molar-refractivity contribution < 1.29 is 9.53 Å². The van der Waals surface area contributed by atoms with Gasteiger partial charge in [-0.2, -0.15) is 0 Å². The van der Waals surface area contributed by atoms with Crippen LogP contribution in [0.3, 0.4) is 0 Å². The number of fused-ring (bicyclic) bond motifs is 1. The molecule has 2 heterocycles. The number of hydrogen-bond acceptors (Lipinski definition) is 3. The van der Waals surface area contributed by atoms with E-state index < -0.39 is 0 Å². The van der Waals surface area contributed by atoms with Crippen molar-refractivity contribution in [2.45, 2.75) is 19.4 Å². The molecule has 0 bridgehead atoms. The molecule has 1 aliphatic heterocycles. The van der Waals surface area contributed by atoms with Gasteiger partial charge in [-0.15, -0.1) is 0 Å². The van der Waals surface area contributed by atoms with Gasteiger partial charge in [0.15, 0.2) is 0 Å². The van der Waals surface area contributed by atoms with Crippen molar-refractivity contribution in [2.75, 3.05) is 33.4 Å². The van der Waals surface area contributed by atoms with E-state index >= 15 is 0 Å². The van der Waals surface area contributed by atoms with E-state index in [1.165, 1.54) is 29.4 Å². The van der Waals surface area contributed by atoms with Gasteiger partial charge in [-0.1, -0.05) is 18.2 Å². The van der Waals surface area contributed by atoms with Crippen molar-refractivity contribution in [3.05, 3.63) is 36.0 Å². The fraction of sp³-hybridized carbons (Fsp3) is 0.500.